The summed E-state index contributed by atoms with van der Waals surface area (Å²) in [5, 5.41) is 9.63. The normalized spacial score (nSPS) is 47.0. The molecule has 2 aliphatic rings. The Morgan fingerprint density at radius 1 is 1.25 bits per heavy atom. The first kappa shape index (κ1) is 8.52. The molecule has 1 aliphatic heterocycles. The van der Waals surface area contributed by atoms with Crippen LogP contribution in [0.2, 0.25) is 0 Å². The molecule has 1 saturated carbocycles. The van der Waals surface area contributed by atoms with Crippen molar-refractivity contribution in [2.45, 2.75) is 51.9 Å². The van der Waals surface area contributed by atoms with Gasteiger partial charge in [0.1, 0.15) is 6.10 Å². The highest BCUT2D eigenvalue weighted by atomic mass is 16.6. The van der Waals surface area contributed by atoms with Gasteiger partial charge in [-0.3, -0.25) is 0 Å². The van der Waals surface area contributed by atoms with Crippen molar-refractivity contribution >= 4 is 0 Å². The van der Waals surface area contributed by atoms with Gasteiger partial charge in [-0.1, -0.05) is 20.8 Å². The van der Waals surface area contributed by atoms with E-state index in [0.29, 0.717) is 17.4 Å². The van der Waals surface area contributed by atoms with Gasteiger partial charge in [-0.05, 0) is 24.2 Å². The van der Waals surface area contributed by atoms with Crippen molar-refractivity contribution < 1.29 is 9.84 Å². The summed E-state index contributed by atoms with van der Waals surface area (Å²) in [5.41, 5.74) is 0.317. The van der Waals surface area contributed by atoms with Gasteiger partial charge >= 0.3 is 0 Å². The lowest BCUT2D eigenvalue weighted by atomic mass is 9.72. The predicted octanol–water partition coefficient (Wildman–Crippen LogP) is 1.57. The summed E-state index contributed by atoms with van der Waals surface area (Å²) in [6.07, 6.45) is 2.42. The van der Waals surface area contributed by atoms with Gasteiger partial charge in [0.25, 0.3) is 0 Å². The van der Waals surface area contributed by atoms with Crippen molar-refractivity contribution in [1.29, 1.82) is 0 Å². The molecule has 70 valence electrons. The third-order valence-electron chi connectivity index (χ3n) is 3.27. The van der Waals surface area contributed by atoms with Crippen LogP contribution in [0.3, 0.4) is 0 Å². The number of ether oxygens (including phenoxy) is 1. The summed E-state index contributed by atoms with van der Waals surface area (Å²) < 4.78 is 5.37. The van der Waals surface area contributed by atoms with Crippen LogP contribution in [0.25, 0.3) is 0 Å². The number of rotatable bonds is 0. The van der Waals surface area contributed by atoms with E-state index in [9.17, 15) is 5.11 Å². The lowest BCUT2D eigenvalue weighted by Gasteiger charge is -2.34. The summed E-state index contributed by atoms with van der Waals surface area (Å²) in [6, 6.07) is 0. The minimum absolute atomic E-state index is 0.184. The molecule has 1 heterocycles. The van der Waals surface area contributed by atoms with E-state index in [1.165, 1.54) is 0 Å². The first-order valence-corrected chi connectivity index (χ1v) is 4.82. The highest BCUT2D eigenvalue weighted by Crippen LogP contribution is 2.45. The minimum atomic E-state index is -0.201. The van der Waals surface area contributed by atoms with E-state index in [1.807, 2.05) is 0 Å². The first-order valence-electron chi connectivity index (χ1n) is 4.82. The van der Waals surface area contributed by atoms with Crippen LogP contribution in [0, 0.1) is 11.3 Å². The monoisotopic (exact) mass is 170 g/mol. The fraction of sp³-hybridized carbons (Fsp3) is 1.00. The molecule has 0 spiro atoms. The summed E-state index contributed by atoms with van der Waals surface area (Å²) in [7, 11) is 0. The maximum absolute atomic E-state index is 9.63. The third-order valence-corrected chi connectivity index (χ3v) is 3.27. The summed E-state index contributed by atoms with van der Waals surface area (Å²) in [6.45, 7) is 6.73. The highest BCUT2D eigenvalue weighted by Gasteiger charge is 2.51. The van der Waals surface area contributed by atoms with Crippen LogP contribution in [-0.4, -0.2) is 23.4 Å². The van der Waals surface area contributed by atoms with Crippen LogP contribution in [0.4, 0.5) is 0 Å². The Bertz CT molecular complexity index is 183. The lowest BCUT2D eigenvalue weighted by Crippen LogP contribution is -2.34. The Hall–Kier alpha value is -0.0800. The van der Waals surface area contributed by atoms with Crippen molar-refractivity contribution in [2.75, 3.05) is 0 Å². The lowest BCUT2D eigenvalue weighted by molar-refractivity contribution is 0.0707. The topological polar surface area (TPSA) is 32.8 Å². The average Bonchev–Trinajstić information content (AvgIpc) is 2.63. The fourth-order valence-corrected chi connectivity index (χ4v) is 2.19. The number of hydrogen-bond donors (Lipinski definition) is 1. The highest BCUT2D eigenvalue weighted by molar-refractivity contribution is 4.99. The molecule has 12 heavy (non-hydrogen) atoms. The molecule has 2 heteroatoms. The second-order valence-electron chi connectivity index (χ2n) is 5.24. The summed E-state index contributed by atoms with van der Waals surface area (Å²) >= 11 is 0. The second-order valence-corrected chi connectivity index (χ2v) is 5.24. The van der Waals surface area contributed by atoms with Gasteiger partial charge in [-0.15, -0.1) is 0 Å². The van der Waals surface area contributed by atoms with Crippen molar-refractivity contribution in [1.82, 2.24) is 0 Å². The fourth-order valence-electron chi connectivity index (χ4n) is 2.19. The van der Waals surface area contributed by atoms with Gasteiger partial charge in [0.15, 0.2) is 0 Å². The van der Waals surface area contributed by atoms with Gasteiger partial charge in [-0.2, -0.15) is 0 Å². The van der Waals surface area contributed by atoms with E-state index in [4.69, 9.17) is 4.74 Å². The molecule has 1 aliphatic carbocycles. The molecular formula is C10H18O2. The number of epoxide rings is 1. The Balaban J connectivity index is 2.01. The quantitative estimate of drug-likeness (QED) is 0.560. The van der Waals surface area contributed by atoms with E-state index < -0.39 is 0 Å². The number of fused-ring (bicyclic) bond motifs is 1. The first-order chi connectivity index (χ1) is 5.48. The molecule has 0 aromatic heterocycles. The molecule has 1 N–H and O–H groups in total. The Kier molecular flexibility index (Phi) is 1.74. The van der Waals surface area contributed by atoms with E-state index in [0.717, 1.165) is 12.8 Å². The van der Waals surface area contributed by atoms with E-state index in [-0.39, 0.29) is 12.2 Å². The maximum atomic E-state index is 9.63. The van der Waals surface area contributed by atoms with Gasteiger partial charge in [0.05, 0.1) is 12.2 Å². The zero-order valence-corrected chi connectivity index (χ0v) is 8.08. The van der Waals surface area contributed by atoms with E-state index in [2.05, 4.69) is 20.8 Å². The SMILES string of the molecule is CC(C)(C)C1C[C@@H](O)[C@@H]2O[C@@H]2C1. The van der Waals surface area contributed by atoms with Crippen LogP contribution < -0.4 is 0 Å². The van der Waals surface area contributed by atoms with Gasteiger partial charge in [-0.25, -0.2) is 0 Å². The van der Waals surface area contributed by atoms with Crippen LogP contribution in [-0.2, 0) is 4.74 Å². The number of aliphatic hydroxyl groups excluding tert-OH is 1. The van der Waals surface area contributed by atoms with Crippen molar-refractivity contribution in [2.24, 2.45) is 11.3 Å². The molecule has 0 radical (unpaired) electrons. The number of hydrogen-bond acceptors (Lipinski definition) is 2. The summed E-state index contributed by atoms with van der Waals surface area (Å²) in [4.78, 5) is 0. The Morgan fingerprint density at radius 2 is 1.92 bits per heavy atom. The number of aliphatic hydroxyl groups is 1. The molecule has 0 bridgehead atoms. The molecule has 2 nitrogen and oxygen atoms in total. The molecule has 2 fully saturated rings. The van der Waals surface area contributed by atoms with Crippen LogP contribution in [0.1, 0.15) is 33.6 Å². The van der Waals surface area contributed by atoms with Crippen molar-refractivity contribution in [3.8, 4) is 0 Å². The molecule has 4 atom stereocenters. The summed E-state index contributed by atoms with van der Waals surface area (Å²) in [5.74, 6) is 0.622. The Morgan fingerprint density at radius 3 is 2.42 bits per heavy atom. The van der Waals surface area contributed by atoms with Crippen LogP contribution in [0.15, 0.2) is 0 Å². The zero-order chi connectivity index (χ0) is 8.93. The zero-order valence-electron chi connectivity index (χ0n) is 8.08. The minimum Gasteiger partial charge on any atom is -0.390 e. The van der Waals surface area contributed by atoms with Crippen LogP contribution >= 0.6 is 0 Å². The van der Waals surface area contributed by atoms with Gasteiger partial charge in [0.2, 0.25) is 0 Å². The van der Waals surface area contributed by atoms with Gasteiger partial charge in [0, 0.05) is 0 Å². The molecule has 1 unspecified atom stereocenters. The van der Waals surface area contributed by atoms with E-state index in [1.54, 1.807) is 0 Å². The molecule has 0 aromatic rings. The molecular weight excluding hydrogens is 152 g/mol. The standard InChI is InChI=1S/C10H18O2/c1-10(2,3)6-4-7(11)9-8(5-6)12-9/h6-9,11H,4-5H2,1-3H3/t6?,7-,8-,9+/m1/s1. The van der Waals surface area contributed by atoms with Crippen LogP contribution in [0.5, 0.6) is 0 Å². The second kappa shape index (κ2) is 2.46. The smallest absolute Gasteiger partial charge is 0.110 e. The predicted molar refractivity (Wildman–Crippen MR) is 46.8 cm³/mol. The van der Waals surface area contributed by atoms with Gasteiger partial charge < -0.3 is 9.84 Å². The molecule has 0 amide bonds. The molecule has 2 rings (SSSR count). The molecule has 1 saturated heterocycles. The Labute approximate surface area is 73.9 Å². The largest absolute Gasteiger partial charge is 0.390 e. The molecule has 0 aromatic carbocycles. The maximum Gasteiger partial charge on any atom is 0.110 e. The third kappa shape index (κ3) is 1.38. The average molecular weight is 170 g/mol. The van der Waals surface area contributed by atoms with Crippen molar-refractivity contribution in [3.63, 3.8) is 0 Å². The van der Waals surface area contributed by atoms with Crippen molar-refractivity contribution in [3.05, 3.63) is 0 Å². The van der Waals surface area contributed by atoms with E-state index >= 15 is 0 Å².